The fourth-order valence-electron chi connectivity index (χ4n) is 3.26. The maximum absolute atomic E-state index is 6.50. The van der Waals surface area contributed by atoms with Crippen LogP contribution in [0.15, 0.2) is 24.3 Å². The van der Waals surface area contributed by atoms with Gasteiger partial charge in [-0.25, -0.2) is 0 Å². The molecule has 0 amide bonds. The number of rotatable bonds is 5. The summed E-state index contributed by atoms with van der Waals surface area (Å²) in [6, 6.07) is 8.98. The molecule has 2 saturated heterocycles. The van der Waals surface area contributed by atoms with E-state index in [1.807, 2.05) is 0 Å². The lowest BCUT2D eigenvalue weighted by Crippen LogP contribution is -2.52. The summed E-state index contributed by atoms with van der Waals surface area (Å²) in [5, 5.41) is 0. The van der Waals surface area contributed by atoms with Gasteiger partial charge in [0.25, 0.3) is 0 Å². The summed E-state index contributed by atoms with van der Waals surface area (Å²) in [4.78, 5) is 2.47. The minimum absolute atomic E-state index is 0.234. The Morgan fingerprint density at radius 2 is 1.86 bits per heavy atom. The van der Waals surface area contributed by atoms with E-state index in [-0.39, 0.29) is 5.54 Å². The van der Waals surface area contributed by atoms with E-state index in [1.54, 1.807) is 0 Å². The standard InChI is InChI=1S/C18H28N2O2/c1-14(2)20-11-15(12-20)13-22-17-5-3-16(4-6-17)18(19)7-9-21-10-8-18/h3-6,14-15H,7-13,19H2,1-2H3. The van der Waals surface area contributed by atoms with Crippen molar-refractivity contribution in [1.29, 1.82) is 0 Å². The monoisotopic (exact) mass is 304 g/mol. The molecule has 2 N–H and O–H groups in total. The van der Waals surface area contributed by atoms with Crippen LogP contribution >= 0.6 is 0 Å². The Labute approximate surface area is 133 Å². The van der Waals surface area contributed by atoms with Crippen molar-refractivity contribution >= 4 is 0 Å². The quantitative estimate of drug-likeness (QED) is 0.907. The van der Waals surface area contributed by atoms with E-state index in [1.165, 1.54) is 5.56 Å². The molecule has 0 saturated carbocycles. The number of benzene rings is 1. The van der Waals surface area contributed by atoms with Crippen molar-refractivity contribution in [2.24, 2.45) is 11.7 Å². The van der Waals surface area contributed by atoms with Crippen LogP contribution < -0.4 is 10.5 Å². The van der Waals surface area contributed by atoms with Crippen molar-refractivity contribution in [1.82, 2.24) is 4.90 Å². The second-order valence-electron chi connectivity index (χ2n) is 7.02. The van der Waals surface area contributed by atoms with E-state index in [2.05, 4.69) is 43.0 Å². The highest BCUT2D eigenvalue weighted by molar-refractivity contribution is 5.32. The first-order valence-electron chi connectivity index (χ1n) is 8.41. The van der Waals surface area contributed by atoms with Crippen LogP contribution in [0.4, 0.5) is 0 Å². The van der Waals surface area contributed by atoms with Crippen LogP contribution in [0.1, 0.15) is 32.3 Å². The number of likely N-dealkylation sites (tertiary alicyclic amines) is 1. The van der Waals surface area contributed by atoms with Gasteiger partial charge in [-0.3, -0.25) is 0 Å². The number of hydrogen-bond donors (Lipinski definition) is 1. The average Bonchev–Trinajstić information content (AvgIpc) is 2.46. The molecule has 0 unspecified atom stereocenters. The van der Waals surface area contributed by atoms with E-state index in [0.717, 1.165) is 51.5 Å². The first-order chi connectivity index (χ1) is 10.6. The Morgan fingerprint density at radius 3 is 2.45 bits per heavy atom. The molecule has 1 aromatic carbocycles. The number of ether oxygens (including phenoxy) is 2. The summed E-state index contributed by atoms with van der Waals surface area (Å²) in [6.45, 7) is 9.11. The molecule has 4 heteroatoms. The van der Waals surface area contributed by atoms with Crippen LogP contribution in [-0.4, -0.2) is 43.9 Å². The SMILES string of the molecule is CC(C)N1CC(COc2ccc(C3(N)CCOCC3)cc2)C1. The highest BCUT2D eigenvalue weighted by Gasteiger charge is 2.30. The van der Waals surface area contributed by atoms with Crippen LogP contribution in [-0.2, 0) is 10.3 Å². The Bertz CT molecular complexity index is 474. The van der Waals surface area contributed by atoms with Gasteiger partial charge < -0.3 is 20.1 Å². The van der Waals surface area contributed by atoms with Gasteiger partial charge in [-0.15, -0.1) is 0 Å². The van der Waals surface area contributed by atoms with Gasteiger partial charge in [0.1, 0.15) is 5.75 Å². The molecule has 3 rings (SSSR count). The summed E-state index contributed by atoms with van der Waals surface area (Å²) in [5.74, 6) is 1.61. The number of hydrogen-bond acceptors (Lipinski definition) is 4. The lowest BCUT2D eigenvalue weighted by Gasteiger charge is -2.41. The van der Waals surface area contributed by atoms with Crippen molar-refractivity contribution in [3.05, 3.63) is 29.8 Å². The second-order valence-corrected chi connectivity index (χ2v) is 7.02. The van der Waals surface area contributed by atoms with Crippen LogP contribution in [0.5, 0.6) is 5.75 Å². The molecule has 0 aromatic heterocycles. The fraction of sp³-hybridized carbons (Fsp3) is 0.667. The number of nitrogens with zero attached hydrogens (tertiary/aromatic N) is 1. The van der Waals surface area contributed by atoms with Crippen molar-refractivity contribution in [3.8, 4) is 5.75 Å². The van der Waals surface area contributed by atoms with Gasteiger partial charge in [-0.1, -0.05) is 12.1 Å². The predicted molar refractivity (Wildman–Crippen MR) is 88.1 cm³/mol. The Hall–Kier alpha value is -1.10. The van der Waals surface area contributed by atoms with E-state index in [4.69, 9.17) is 15.2 Å². The van der Waals surface area contributed by atoms with E-state index < -0.39 is 0 Å². The fourth-order valence-corrected chi connectivity index (χ4v) is 3.26. The van der Waals surface area contributed by atoms with E-state index in [9.17, 15) is 0 Å². The summed E-state index contributed by atoms with van der Waals surface area (Å²) >= 11 is 0. The molecule has 22 heavy (non-hydrogen) atoms. The van der Waals surface area contributed by atoms with Crippen molar-refractivity contribution in [3.63, 3.8) is 0 Å². The molecule has 0 aliphatic carbocycles. The zero-order valence-electron chi connectivity index (χ0n) is 13.8. The minimum Gasteiger partial charge on any atom is -0.493 e. The highest BCUT2D eigenvalue weighted by atomic mass is 16.5. The molecule has 122 valence electrons. The lowest BCUT2D eigenvalue weighted by molar-refractivity contribution is 0.0375. The molecule has 2 heterocycles. The molecule has 0 bridgehead atoms. The van der Waals surface area contributed by atoms with Crippen molar-refractivity contribution < 1.29 is 9.47 Å². The lowest BCUT2D eigenvalue weighted by atomic mass is 9.84. The number of nitrogens with two attached hydrogens (primary N) is 1. The van der Waals surface area contributed by atoms with Crippen LogP contribution in [0.2, 0.25) is 0 Å². The summed E-state index contributed by atoms with van der Waals surface area (Å²) in [7, 11) is 0. The van der Waals surface area contributed by atoms with Gasteiger partial charge in [0, 0.05) is 43.8 Å². The third-order valence-electron chi connectivity index (χ3n) is 5.02. The van der Waals surface area contributed by atoms with Gasteiger partial charge in [0.05, 0.1) is 6.61 Å². The molecule has 0 spiro atoms. The predicted octanol–water partition coefficient (Wildman–Crippen LogP) is 2.37. The van der Waals surface area contributed by atoms with E-state index >= 15 is 0 Å². The topological polar surface area (TPSA) is 47.7 Å². The first kappa shape index (κ1) is 15.8. The Kier molecular flexibility index (Phi) is 4.71. The zero-order chi connectivity index (χ0) is 15.6. The van der Waals surface area contributed by atoms with Crippen LogP contribution in [0.25, 0.3) is 0 Å². The summed E-state index contributed by atoms with van der Waals surface area (Å²) in [6.07, 6.45) is 1.78. The van der Waals surface area contributed by atoms with E-state index in [0.29, 0.717) is 12.0 Å². The molecule has 0 radical (unpaired) electrons. The summed E-state index contributed by atoms with van der Waals surface area (Å²) in [5.41, 5.74) is 7.46. The van der Waals surface area contributed by atoms with Crippen molar-refractivity contribution in [2.75, 3.05) is 32.9 Å². The Balaban J connectivity index is 1.50. The van der Waals surface area contributed by atoms with Gasteiger partial charge in [0.15, 0.2) is 0 Å². The van der Waals surface area contributed by atoms with Gasteiger partial charge in [-0.05, 0) is 44.4 Å². The molecule has 1 aromatic rings. The zero-order valence-corrected chi connectivity index (χ0v) is 13.8. The second kappa shape index (κ2) is 6.57. The maximum Gasteiger partial charge on any atom is 0.119 e. The van der Waals surface area contributed by atoms with Gasteiger partial charge in [0.2, 0.25) is 0 Å². The third kappa shape index (κ3) is 3.45. The molecule has 4 nitrogen and oxygen atoms in total. The third-order valence-corrected chi connectivity index (χ3v) is 5.02. The van der Waals surface area contributed by atoms with Gasteiger partial charge >= 0.3 is 0 Å². The smallest absolute Gasteiger partial charge is 0.119 e. The Morgan fingerprint density at radius 1 is 1.23 bits per heavy atom. The largest absolute Gasteiger partial charge is 0.493 e. The minimum atomic E-state index is -0.234. The molecule has 2 aliphatic heterocycles. The van der Waals surface area contributed by atoms with Gasteiger partial charge in [-0.2, -0.15) is 0 Å². The molecular formula is C18H28N2O2. The maximum atomic E-state index is 6.50. The molecule has 2 aliphatic rings. The van der Waals surface area contributed by atoms with Crippen LogP contribution in [0.3, 0.4) is 0 Å². The highest BCUT2D eigenvalue weighted by Crippen LogP contribution is 2.30. The average molecular weight is 304 g/mol. The first-order valence-corrected chi connectivity index (χ1v) is 8.41. The normalized spacial score (nSPS) is 22.5. The van der Waals surface area contributed by atoms with Crippen LogP contribution in [0, 0.1) is 5.92 Å². The molecular weight excluding hydrogens is 276 g/mol. The summed E-state index contributed by atoms with van der Waals surface area (Å²) < 4.78 is 11.3. The molecule has 2 fully saturated rings. The molecule has 0 atom stereocenters. The van der Waals surface area contributed by atoms with Crippen molar-refractivity contribution in [2.45, 2.75) is 38.3 Å².